The van der Waals surface area contributed by atoms with Crippen molar-refractivity contribution in [2.75, 3.05) is 20.7 Å². The van der Waals surface area contributed by atoms with Crippen LogP contribution < -0.4 is 5.73 Å². The molecule has 1 saturated carbocycles. The molecule has 1 aliphatic rings. The quantitative estimate of drug-likeness (QED) is 0.645. The number of nitrogens with two attached hydrogens (primary N) is 1. The van der Waals surface area contributed by atoms with Gasteiger partial charge in [0.15, 0.2) is 0 Å². The van der Waals surface area contributed by atoms with Gasteiger partial charge in [0.2, 0.25) is 0 Å². The molecule has 0 aromatic carbocycles. The number of rotatable bonds is 3. The minimum Gasteiger partial charge on any atom is -0.328 e. The summed E-state index contributed by atoms with van der Waals surface area (Å²) < 4.78 is 0. The average Bonchev–Trinajstić information content (AvgIpc) is 2.09. The Morgan fingerprint density at radius 2 is 1.92 bits per heavy atom. The topological polar surface area (TPSA) is 38.5 Å². The Labute approximate surface area is 74.8 Å². The van der Waals surface area contributed by atoms with E-state index in [2.05, 4.69) is 0 Å². The van der Waals surface area contributed by atoms with Gasteiger partial charge < -0.3 is 10.6 Å². The first-order valence-electron chi connectivity index (χ1n) is 4.73. The van der Waals surface area contributed by atoms with Crippen LogP contribution in [0.2, 0.25) is 0 Å². The first-order valence-corrected chi connectivity index (χ1v) is 4.73. The third kappa shape index (κ3) is 3.09. The molecule has 0 aromatic rings. The third-order valence-electron chi connectivity index (χ3n) is 2.72. The Balaban J connectivity index is 2.17. The first kappa shape index (κ1) is 9.96. The fourth-order valence-electron chi connectivity index (χ4n) is 1.81. The van der Waals surface area contributed by atoms with Crippen molar-refractivity contribution < 1.29 is 4.84 Å². The summed E-state index contributed by atoms with van der Waals surface area (Å²) in [5, 5.41) is 1.90. The van der Waals surface area contributed by atoms with E-state index in [0.717, 1.165) is 12.5 Å². The van der Waals surface area contributed by atoms with Crippen LogP contribution in [0.3, 0.4) is 0 Å². The fraction of sp³-hybridized carbons (Fsp3) is 1.00. The third-order valence-corrected chi connectivity index (χ3v) is 2.72. The molecule has 0 unspecified atom stereocenters. The lowest BCUT2D eigenvalue weighted by Gasteiger charge is -2.28. The van der Waals surface area contributed by atoms with E-state index in [4.69, 9.17) is 10.6 Å². The van der Waals surface area contributed by atoms with Crippen molar-refractivity contribution in [3.8, 4) is 0 Å². The molecule has 1 fully saturated rings. The highest BCUT2D eigenvalue weighted by molar-refractivity contribution is 4.74. The number of nitrogens with zero attached hydrogens (tertiary/aromatic N) is 1. The van der Waals surface area contributed by atoms with Crippen molar-refractivity contribution in [2.24, 2.45) is 11.7 Å². The van der Waals surface area contributed by atoms with E-state index < -0.39 is 0 Å². The normalized spacial score (nSPS) is 31.0. The van der Waals surface area contributed by atoms with E-state index in [1.54, 1.807) is 7.11 Å². The zero-order valence-electron chi connectivity index (χ0n) is 8.12. The van der Waals surface area contributed by atoms with Gasteiger partial charge in [0, 0.05) is 19.6 Å². The van der Waals surface area contributed by atoms with E-state index in [-0.39, 0.29) is 0 Å². The molecule has 0 bridgehead atoms. The monoisotopic (exact) mass is 172 g/mol. The molecule has 0 radical (unpaired) electrons. The SMILES string of the molecule is CON(C)CC1CCC(N)CC1. The van der Waals surface area contributed by atoms with Gasteiger partial charge in [-0.3, -0.25) is 0 Å². The summed E-state index contributed by atoms with van der Waals surface area (Å²) in [6.07, 6.45) is 4.88. The van der Waals surface area contributed by atoms with E-state index in [1.165, 1.54) is 25.7 Å². The maximum atomic E-state index is 5.82. The van der Waals surface area contributed by atoms with Crippen LogP contribution in [0, 0.1) is 5.92 Å². The Bertz CT molecular complexity index is 122. The summed E-state index contributed by atoms with van der Waals surface area (Å²) in [6, 6.07) is 0.453. The molecule has 1 rings (SSSR count). The molecule has 3 nitrogen and oxygen atoms in total. The molecule has 0 heterocycles. The summed E-state index contributed by atoms with van der Waals surface area (Å²) in [5.41, 5.74) is 5.82. The lowest BCUT2D eigenvalue weighted by atomic mass is 9.86. The molecular formula is C9H20N2O. The zero-order valence-corrected chi connectivity index (χ0v) is 8.12. The standard InChI is InChI=1S/C9H20N2O/c1-11(12-2)7-8-3-5-9(10)6-4-8/h8-9H,3-7,10H2,1-2H3. The zero-order chi connectivity index (χ0) is 8.97. The molecule has 0 saturated heterocycles. The molecule has 12 heavy (non-hydrogen) atoms. The van der Waals surface area contributed by atoms with Crippen LogP contribution >= 0.6 is 0 Å². The van der Waals surface area contributed by atoms with Crippen LogP contribution in [0.15, 0.2) is 0 Å². The second-order valence-corrected chi connectivity index (χ2v) is 3.77. The van der Waals surface area contributed by atoms with Crippen LogP contribution in [0.4, 0.5) is 0 Å². The Hall–Kier alpha value is -0.120. The molecule has 0 aliphatic heterocycles. The molecule has 0 amide bonds. The van der Waals surface area contributed by atoms with E-state index in [0.29, 0.717) is 6.04 Å². The summed E-state index contributed by atoms with van der Waals surface area (Å²) >= 11 is 0. The Morgan fingerprint density at radius 1 is 1.33 bits per heavy atom. The van der Waals surface area contributed by atoms with Gasteiger partial charge in [0.1, 0.15) is 0 Å². The van der Waals surface area contributed by atoms with E-state index in [9.17, 15) is 0 Å². The molecule has 0 spiro atoms. The molecule has 3 heteroatoms. The fourth-order valence-corrected chi connectivity index (χ4v) is 1.81. The van der Waals surface area contributed by atoms with Crippen molar-refractivity contribution in [3.05, 3.63) is 0 Å². The molecule has 0 aromatic heterocycles. The van der Waals surface area contributed by atoms with Crippen molar-refractivity contribution in [1.82, 2.24) is 5.06 Å². The Morgan fingerprint density at radius 3 is 2.42 bits per heavy atom. The van der Waals surface area contributed by atoms with Gasteiger partial charge in [-0.2, -0.15) is 5.06 Å². The van der Waals surface area contributed by atoms with Gasteiger partial charge in [-0.1, -0.05) is 0 Å². The van der Waals surface area contributed by atoms with Crippen LogP contribution in [0.25, 0.3) is 0 Å². The summed E-state index contributed by atoms with van der Waals surface area (Å²) in [4.78, 5) is 5.08. The maximum absolute atomic E-state index is 5.82. The van der Waals surface area contributed by atoms with Crippen molar-refractivity contribution in [3.63, 3.8) is 0 Å². The molecule has 1 aliphatic carbocycles. The van der Waals surface area contributed by atoms with Crippen LogP contribution in [-0.4, -0.2) is 31.8 Å². The van der Waals surface area contributed by atoms with Crippen LogP contribution in [0.5, 0.6) is 0 Å². The van der Waals surface area contributed by atoms with E-state index >= 15 is 0 Å². The van der Waals surface area contributed by atoms with Crippen molar-refractivity contribution in [1.29, 1.82) is 0 Å². The van der Waals surface area contributed by atoms with Gasteiger partial charge in [-0.15, -0.1) is 0 Å². The summed E-state index contributed by atoms with van der Waals surface area (Å²) in [7, 11) is 3.70. The first-order chi connectivity index (χ1) is 5.72. The number of hydrogen-bond donors (Lipinski definition) is 1. The molecule has 72 valence electrons. The van der Waals surface area contributed by atoms with Crippen molar-refractivity contribution >= 4 is 0 Å². The number of hydroxylamine groups is 2. The van der Waals surface area contributed by atoms with Crippen LogP contribution in [-0.2, 0) is 4.84 Å². The molecule has 0 atom stereocenters. The second kappa shape index (κ2) is 4.80. The molecule has 2 N–H and O–H groups in total. The smallest absolute Gasteiger partial charge is 0.0575 e. The largest absolute Gasteiger partial charge is 0.328 e. The lowest BCUT2D eigenvalue weighted by molar-refractivity contribution is -0.120. The number of hydrogen-bond acceptors (Lipinski definition) is 3. The molecular weight excluding hydrogens is 152 g/mol. The minimum atomic E-state index is 0.453. The van der Waals surface area contributed by atoms with Gasteiger partial charge in [0.25, 0.3) is 0 Å². The van der Waals surface area contributed by atoms with Gasteiger partial charge in [-0.05, 0) is 31.6 Å². The highest BCUT2D eigenvalue weighted by Crippen LogP contribution is 2.23. The van der Waals surface area contributed by atoms with Crippen LogP contribution in [0.1, 0.15) is 25.7 Å². The van der Waals surface area contributed by atoms with Gasteiger partial charge in [0.05, 0.1) is 7.11 Å². The highest BCUT2D eigenvalue weighted by Gasteiger charge is 2.19. The van der Waals surface area contributed by atoms with Gasteiger partial charge >= 0.3 is 0 Å². The predicted octanol–water partition coefficient (Wildman–Crippen LogP) is 0.997. The summed E-state index contributed by atoms with van der Waals surface area (Å²) in [6.45, 7) is 1.04. The second-order valence-electron chi connectivity index (χ2n) is 3.77. The minimum absolute atomic E-state index is 0.453. The van der Waals surface area contributed by atoms with E-state index in [1.807, 2.05) is 12.1 Å². The maximum Gasteiger partial charge on any atom is 0.0575 e. The van der Waals surface area contributed by atoms with Crippen molar-refractivity contribution in [2.45, 2.75) is 31.7 Å². The summed E-state index contributed by atoms with van der Waals surface area (Å²) in [5.74, 6) is 0.787. The Kier molecular flexibility index (Phi) is 3.98. The van der Waals surface area contributed by atoms with Gasteiger partial charge in [-0.25, -0.2) is 0 Å². The highest BCUT2D eigenvalue weighted by atomic mass is 16.7. The predicted molar refractivity (Wildman–Crippen MR) is 49.6 cm³/mol. The average molecular weight is 172 g/mol. The lowest BCUT2D eigenvalue weighted by Crippen LogP contribution is -2.32.